The molecule has 0 spiro atoms. The van der Waals surface area contributed by atoms with Crippen LogP contribution in [0.5, 0.6) is 0 Å². The van der Waals surface area contributed by atoms with Crippen molar-refractivity contribution in [1.29, 1.82) is 0 Å². The zero-order valence-electron chi connectivity index (χ0n) is 11.0. The first-order valence-electron chi connectivity index (χ1n) is 6.57. The molecule has 1 aromatic carbocycles. The zero-order valence-corrected chi connectivity index (χ0v) is 11.0. The normalized spacial score (nSPS) is 22.6. The van der Waals surface area contributed by atoms with Crippen LogP contribution >= 0.6 is 0 Å². The van der Waals surface area contributed by atoms with Crippen molar-refractivity contribution in [1.82, 2.24) is 0 Å². The molecule has 1 aliphatic carbocycles. The van der Waals surface area contributed by atoms with Crippen molar-refractivity contribution in [2.45, 2.75) is 12.8 Å². The summed E-state index contributed by atoms with van der Waals surface area (Å²) >= 11 is 0. The quantitative estimate of drug-likeness (QED) is 0.842. The molecule has 0 saturated heterocycles. The molecule has 3 heteroatoms. The van der Waals surface area contributed by atoms with Crippen molar-refractivity contribution in [2.75, 3.05) is 0 Å². The minimum atomic E-state index is -0.823. The van der Waals surface area contributed by atoms with E-state index in [1.165, 1.54) is 0 Å². The molecule has 20 heavy (non-hydrogen) atoms. The van der Waals surface area contributed by atoms with E-state index < -0.39 is 11.4 Å². The second-order valence-electron chi connectivity index (χ2n) is 5.14. The minimum Gasteiger partial charge on any atom is -0.481 e. The summed E-state index contributed by atoms with van der Waals surface area (Å²) in [5, 5.41) is 9.25. The Hall–Kier alpha value is -2.42. The van der Waals surface area contributed by atoms with Gasteiger partial charge in [0.2, 0.25) is 0 Å². The Morgan fingerprint density at radius 2 is 2.20 bits per heavy atom. The SMILES string of the molecule is C=CCC1(CC(=O)O)C=CC=C2C1=Nc1ccccc12. The van der Waals surface area contributed by atoms with Gasteiger partial charge in [-0.3, -0.25) is 9.79 Å². The summed E-state index contributed by atoms with van der Waals surface area (Å²) in [6.07, 6.45) is 8.25. The molecule has 0 amide bonds. The van der Waals surface area contributed by atoms with Crippen LogP contribution in [0.2, 0.25) is 0 Å². The summed E-state index contributed by atoms with van der Waals surface area (Å²) in [5.74, 6) is -0.823. The van der Waals surface area contributed by atoms with E-state index in [4.69, 9.17) is 0 Å². The topological polar surface area (TPSA) is 49.7 Å². The molecule has 1 aromatic rings. The van der Waals surface area contributed by atoms with Gasteiger partial charge in [0.1, 0.15) is 0 Å². The highest BCUT2D eigenvalue weighted by Crippen LogP contribution is 2.46. The van der Waals surface area contributed by atoms with Crippen molar-refractivity contribution in [2.24, 2.45) is 10.4 Å². The highest BCUT2D eigenvalue weighted by atomic mass is 16.4. The largest absolute Gasteiger partial charge is 0.481 e. The first kappa shape index (κ1) is 12.6. The number of nitrogens with zero attached hydrogens (tertiary/aromatic N) is 1. The van der Waals surface area contributed by atoms with Crippen molar-refractivity contribution in [3.8, 4) is 0 Å². The molecule has 3 rings (SSSR count). The molecule has 100 valence electrons. The average molecular weight is 265 g/mol. The third kappa shape index (κ3) is 1.83. The molecule has 1 N–H and O–H groups in total. The Morgan fingerprint density at radius 1 is 1.40 bits per heavy atom. The van der Waals surface area contributed by atoms with Gasteiger partial charge in [0.05, 0.1) is 17.8 Å². The van der Waals surface area contributed by atoms with Crippen LogP contribution < -0.4 is 0 Å². The van der Waals surface area contributed by atoms with Crippen LogP contribution in [0.1, 0.15) is 18.4 Å². The lowest BCUT2D eigenvalue weighted by molar-refractivity contribution is -0.138. The molecule has 1 atom stereocenters. The second-order valence-corrected chi connectivity index (χ2v) is 5.14. The molecule has 1 unspecified atom stereocenters. The maximum absolute atomic E-state index is 11.3. The van der Waals surface area contributed by atoms with E-state index in [2.05, 4.69) is 11.6 Å². The lowest BCUT2D eigenvalue weighted by Gasteiger charge is -2.31. The number of fused-ring (bicyclic) bond motifs is 3. The van der Waals surface area contributed by atoms with Gasteiger partial charge in [0, 0.05) is 16.6 Å². The second kappa shape index (κ2) is 4.60. The first-order valence-corrected chi connectivity index (χ1v) is 6.57. The molecule has 1 aliphatic heterocycles. The summed E-state index contributed by atoms with van der Waals surface area (Å²) < 4.78 is 0. The van der Waals surface area contributed by atoms with Gasteiger partial charge in [-0.25, -0.2) is 0 Å². The molecule has 0 saturated carbocycles. The standard InChI is InChI=1S/C17H15NO2/c1-2-9-17(11-15(19)20)10-5-7-13-12-6-3-4-8-14(12)18-16(13)17/h2-8,10H,1,9,11H2,(H,19,20). The molecular formula is C17H15NO2. The number of aliphatic carboxylic acids is 1. The molecule has 3 nitrogen and oxygen atoms in total. The number of carboxylic acids is 1. The summed E-state index contributed by atoms with van der Waals surface area (Å²) in [5.41, 5.74) is 3.29. The van der Waals surface area contributed by atoms with Crippen LogP contribution in [-0.4, -0.2) is 16.8 Å². The van der Waals surface area contributed by atoms with Crippen molar-refractivity contribution >= 4 is 22.9 Å². The molecular weight excluding hydrogens is 250 g/mol. The number of carboxylic acid groups (broad SMARTS) is 1. The van der Waals surface area contributed by atoms with Crippen molar-refractivity contribution < 1.29 is 9.90 Å². The summed E-state index contributed by atoms with van der Waals surface area (Å²) in [6.45, 7) is 3.77. The lowest BCUT2D eigenvalue weighted by Crippen LogP contribution is -2.32. The predicted molar refractivity (Wildman–Crippen MR) is 80.2 cm³/mol. The number of para-hydroxylation sites is 1. The molecule has 0 fully saturated rings. The molecule has 0 radical (unpaired) electrons. The third-order valence-electron chi connectivity index (χ3n) is 3.81. The van der Waals surface area contributed by atoms with E-state index in [1.807, 2.05) is 42.5 Å². The van der Waals surface area contributed by atoms with Crippen molar-refractivity contribution in [3.05, 3.63) is 60.7 Å². The van der Waals surface area contributed by atoms with E-state index in [0.717, 1.165) is 22.5 Å². The predicted octanol–water partition coefficient (Wildman–Crippen LogP) is 3.76. The summed E-state index contributed by atoms with van der Waals surface area (Å²) in [4.78, 5) is 16.0. The van der Waals surface area contributed by atoms with Crippen LogP contribution in [0.4, 0.5) is 5.69 Å². The Morgan fingerprint density at radius 3 is 2.95 bits per heavy atom. The highest BCUT2D eigenvalue weighted by Gasteiger charge is 2.40. The van der Waals surface area contributed by atoms with Gasteiger partial charge in [-0.05, 0) is 12.5 Å². The molecule has 2 aliphatic rings. The fraction of sp³-hybridized carbons (Fsp3) is 0.176. The fourth-order valence-corrected chi connectivity index (χ4v) is 2.97. The van der Waals surface area contributed by atoms with Gasteiger partial charge >= 0.3 is 5.97 Å². The molecule has 0 bridgehead atoms. The smallest absolute Gasteiger partial charge is 0.304 e. The maximum Gasteiger partial charge on any atom is 0.304 e. The molecule has 0 aromatic heterocycles. The Bertz CT molecular complexity index is 682. The number of hydrogen-bond acceptors (Lipinski definition) is 2. The van der Waals surface area contributed by atoms with Gasteiger partial charge in [-0.15, -0.1) is 6.58 Å². The van der Waals surface area contributed by atoms with Crippen LogP contribution in [0.15, 0.2) is 60.1 Å². The number of aliphatic imine (C=N–C) groups is 1. The number of hydrogen-bond donors (Lipinski definition) is 1. The zero-order chi connectivity index (χ0) is 14.2. The lowest BCUT2D eigenvalue weighted by atomic mass is 9.71. The van der Waals surface area contributed by atoms with Gasteiger partial charge in [0.25, 0.3) is 0 Å². The van der Waals surface area contributed by atoms with E-state index in [-0.39, 0.29) is 6.42 Å². The van der Waals surface area contributed by atoms with E-state index in [1.54, 1.807) is 6.08 Å². The third-order valence-corrected chi connectivity index (χ3v) is 3.81. The Labute approximate surface area is 117 Å². The van der Waals surface area contributed by atoms with Gasteiger partial charge in [0.15, 0.2) is 0 Å². The van der Waals surface area contributed by atoms with E-state index in [0.29, 0.717) is 6.42 Å². The van der Waals surface area contributed by atoms with Gasteiger partial charge in [-0.2, -0.15) is 0 Å². The highest BCUT2D eigenvalue weighted by molar-refractivity contribution is 6.33. The summed E-state index contributed by atoms with van der Waals surface area (Å²) in [7, 11) is 0. The maximum atomic E-state index is 11.3. The Balaban J connectivity index is 2.13. The van der Waals surface area contributed by atoms with Crippen LogP contribution in [-0.2, 0) is 4.79 Å². The van der Waals surface area contributed by atoms with Crippen LogP contribution in [0.3, 0.4) is 0 Å². The minimum absolute atomic E-state index is 0.0275. The number of rotatable bonds is 4. The Kier molecular flexibility index (Phi) is 2.90. The number of benzene rings is 1. The van der Waals surface area contributed by atoms with Gasteiger partial charge < -0.3 is 5.11 Å². The average Bonchev–Trinajstić information content (AvgIpc) is 2.79. The van der Waals surface area contributed by atoms with Crippen LogP contribution in [0.25, 0.3) is 5.57 Å². The van der Waals surface area contributed by atoms with E-state index in [9.17, 15) is 9.90 Å². The number of carbonyl (C=O) groups is 1. The first-order chi connectivity index (χ1) is 9.66. The fourth-order valence-electron chi connectivity index (χ4n) is 2.97. The van der Waals surface area contributed by atoms with Crippen LogP contribution in [0, 0.1) is 5.41 Å². The summed E-state index contributed by atoms with van der Waals surface area (Å²) in [6, 6.07) is 7.90. The van der Waals surface area contributed by atoms with E-state index >= 15 is 0 Å². The molecule has 1 heterocycles. The van der Waals surface area contributed by atoms with Crippen molar-refractivity contribution in [3.63, 3.8) is 0 Å². The number of allylic oxidation sites excluding steroid dienone is 5. The monoisotopic (exact) mass is 265 g/mol. The van der Waals surface area contributed by atoms with Gasteiger partial charge in [-0.1, -0.05) is 42.5 Å².